The van der Waals surface area contributed by atoms with Crippen LogP contribution in [0.5, 0.6) is 0 Å². The summed E-state index contributed by atoms with van der Waals surface area (Å²) in [7, 11) is 0. The first-order chi connectivity index (χ1) is 18.6. The molecule has 1 saturated carbocycles. The van der Waals surface area contributed by atoms with Crippen LogP contribution in [0.25, 0.3) is 22.2 Å². The lowest BCUT2D eigenvalue weighted by atomic mass is 9.72. The Kier molecular flexibility index (Phi) is 3.71. The normalized spacial score (nSPS) is 23.1. The molecular weight excluding hydrogens is 451 g/mol. The van der Waals surface area contributed by atoms with Crippen molar-refractivity contribution in [1.29, 1.82) is 0 Å². The number of carbonyl (C=O) groups excluding carboxylic acids is 1. The Labute approximate surface area is 213 Å². The van der Waals surface area contributed by atoms with Crippen LogP contribution >= 0.6 is 0 Å². The number of imidazole rings is 1. The molecule has 0 spiro atoms. The quantitative estimate of drug-likeness (QED) is 0.398. The lowest BCUT2D eigenvalue weighted by molar-refractivity contribution is 0.0734. The number of aromatic nitrogens is 2. The summed E-state index contributed by atoms with van der Waals surface area (Å²) < 4.78 is 41.7. The molecule has 7 rings (SSSR count). The topological polar surface area (TPSA) is 64.2 Å². The van der Waals surface area contributed by atoms with Crippen LogP contribution in [0, 0.1) is 18.2 Å². The second-order valence-corrected chi connectivity index (χ2v) is 10.1. The van der Waals surface area contributed by atoms with Gasteiger partial charge in [0.05, 0.1) is 23.1 Å². The van der Waals surface area contributed by atoms with Gasteiger partial charge in [-0.2, -0.15) is 0 Å². The Bertz CT molecular complexity index is 1750. The summed E-state index contributed by atoms with van der Waals surface area (Å²) in [5.41, 5.74) is 10.7. The number of fused-ring (bicyclic) bond motifs is 9. The van der Waals surface area contributed by atoms with Crippen LogP contribution in [0.1, 0.15) is 74.8 Å². The predicted molar refractivity (Wildman–Crippen MR) is 137 cm³/mol. The average molecular weight is 480 g/mol. The summed E-state index contributed by atoms with van der Waals surface area (Å²) in [5, 5.41) is 0. The van der Waals surface area contributed by atoms with Gasteiger partial charge in [-0.3, -0.25) is 4.79 Å². The first-order valence-corrected chi connectivity index (χ1v) is 12.1. The molecule has 2 bridgehead atoms. The highest BCUT2D eigenvalue weighted by atomic mass is 19.1. The SMILES string of the molecule is [2H]C([2H])([2H])N1C(=O)c2cccc(C#C)c2[C@H]2C[C@@H]1c1nc3ccc(-c4ccc(C5(N)CCC5)c(F)c4)cc3n12. The van der Waals surface area contributed by atoms with Gasteiger partial charge in [-0.15, -0.1) is 6.42 Å². The third-order valence-corrected chi connectivity index (χ3v) is 8.21. The minimum atomic E-state index is -2.67. The van der Waals surface area contributed by atoms with Gasteiger partial charge >= 0.3 is 0 Å². The molecule has 6 heteroatoms. The Balaban J connectivity index is 1.42. The van der Waals surface area contributed by atoms with Crippen molar-refractivity contribution < 1.29 is 13.3 Å². The minimum absolute atomic E-state index is 0.294. The Hall–Kier alpha value is -3.95. The second kappa shape index (κ2) is 7.28. The highest BCUT2D eigenvalue weighted by Crippen LogP contribution is 2.48. The second-order valence-electron chi connectivity index (χ2n) is 10.1. The lowest BCUT2D eigenvalue weighted by Gasteiger charge is -2.38. The van der Waals surface area contributed by atoms with E-state index in [1.54, 1.807) is 24.3 Å². The molecule has 4 aromatic rings. The minimum Gasteiger partial charge on any atom is -0.331 e. The molecule has 3 heterocycles. The molecule has 1 aromatic heterocycles. The summed E-state index contributed by atoms with van der Waals surface area (Å²) in [6.45, 7) is -2.67. The van der Waals surface area contributed by atoms with E-state index in [2.05, 4.69) is 5.92 Å². The molecule has 2 aliphatic heterocycles. The molecule has 0 radical (unpaired) electrons. The van der Waals surface area contributed by atoms with E-state index in [1.165, 1.54) is 6.07 Å². The number of hydrogen-bond donors (Lipinski definition) is 1. The third-order valence-electron chi connectivity index (χ3n) is 8.21. The first kappa shape index (κ1) is 18.3. The number of terminal acetylenes is 1. The molecule has 178 valence electrons. The number of rotatable bonds is 2. The number of benzene rings is 3. The van der Waals surface area contributed by atoms with Crippen LogP contribution in [0.3, 0.4) is 0 Å². The van der Waals surface area contributed by atoms with E-state index in [0.29, 0.717) is 45.6 Å². The summed E-state index contributed by atoms with van der Waals surface area (Å²) in [5.74, 6) is 2.29. The Morgan fingerprint density at radius 2 is 1.97 bits per heavy atom. The highest BCUT2D eigenvalue weighted by Gasteiger charge is 2.44. The maximum atomic E-state index is 15.2. The largest absolute Gasteiger partial charge is 0.331 e. The van der Waals surface area contributed by atoms with Crippen LogP contribution in [0.2, 0.25) is 0 Å². The Morgan fingerprint density at radius 3 is 2.69 bits per heavy atom. The van der Waals surface area contributed by atoms with E-state index < -0.39 is 24.5 Å². The molecule has 2 N–H and O–H groups in total. The molecule has 2 atom stereocenters. The molecule has 3 aliphatic rings. The van der Waals surface area contributed by atoms with Gasteiger partial charge in [-0.25, -0.2) is 9.37 Å². The smallest absolute Gasteiger partial charge is 0.254 e. The maximum Gasteiger partial charge on any atom is 0.254 e. The van der Waals surface area contributed by atoms with Crippen LogP contribution in [0.4, 0.5) is 4.39 Å². The zero-order chi connectivity index (χ0) is 27.3. The predicted octanol–water partition coefficient (Wildman–Crippen LogP) is 5.28. The van der Waals surface area contributed by atoms with E-state index in [9.17, 15) is 4.79 Å². The number of carbonyl (C=O) groups is 1. The van der Waals surface area contributed by atoms with Crippen LogP contribution in [-0.2, 0) is 5.54 Å². The van der Waals surface area contributed by atoms with Crippen molar-refractivity contribution in [2.45, 2.75) is 43.3 Å². The summed E-state index contributed by atoms with van der Waals surface area (Å²) in [6.07, 6.45) is 8.74. The maximum absolute atomic E-state index is 15.2. The summed E-state index contributed by atoms with van der Waals surface area (Å²) in [4.78, 5) is 19.3. The number of nitrogens with two attached hydrogens (primary N) is 1. The van der Waals surface area contributed by atoms with E-state index in [0.717, 1.165) is 35.2 Å². The van der Waals surface area contributed by atoms with Gasteiger partial charge in [0.2, 0.25) is 0 Å². The molecular formula is C30H25FN4O. The molecule has 36 heavy (non-hydrogen) atoms. The highest BCUT2D eigenvalue weighted by molar-refractivity contribution is 5.98. The fourth-order valence-electron chi connectivity index (χ4n) is 6.18. The van der Waals surface area contributed by atoms with E-state index >= 15 is 4.39 Å². The monoisotopic (exact) mass is 479 g/mol. The summed E-state index contributed by atoms with van der Waals surface area (Å²) >= 11 is 0. The van der Waals surface area contributed by atoms with Crippen molar-refractivity contribution >= 4 is 16.9 Å². The number of hydrogen-bond acceptors (Lipinski definition) is 3. The molecule has 3 aromatic carbocycles. The number of amides is 1. The number of halogens is 1. The zero-order valence-corrected chi connectivity index (χ0v) is 19.5. The van der Waals surface area contributed by atoms with Crippen LogP contribution in [0.15, 0.2) is 54.6 Å². The molecule has 0 saturated heterocycles. The van der Waals surface area contributed by atoms with Crippen molar-refractivity contribution in [1.82, 2.24) is 14.5 Å². The standard InChI is InChI=1S/C30H25FN4O/c1-3-17-6-4-7-20-27(17)25-16-26(34(2)29(20)36)28-33-23-11-9-19(15-24(23)35(25)28)18-8-10-21(22(31)14-18)30(32)12-5-13-30/h1,4,6-11,14-15,25-26H,5,12-13,16,32H2,2H3/t25-,26-/m1/s1/i2D3. The summed E-state index contributed by atoms with van der Waals surface area (Å²) in [6, 6.07) is 14.8. The van der Waals surface area contributed by atoms with Gasteiger partial charge in [0.25, 0.3) is 5.91 Å². The van der Waals surface area contributed by atoms with E-state index in [-0.39, 0.29) is 11.9 Å². The van der Waals surface area contributed by atoms with Gasteiger partial charge in [0, 0.05) is 45.3 Å². The molecule has 1 fully saturated rings. The lowest BCUT2D eigenvalue weighted by Crippen LogP contribution is -2.44. The average Bonchev–Trinajstić information content (AvgIpc) is 3.39. The molecule has 0 unspecified atom stereocenters. The molecule has 5 nitrogen and oxygen atoms in total. The van der Waals surface area contributed by atoms with E-state index in [4.69, 9.17) is 21.3 Å². The van der Waals surface area contributed by atoms with Crippen molar-refractivity contribution in [3.63, 3.8) is 0 Å². The van der Waals surface area contributed by atoms with E-state index in [1.807, 2.05) is 28.8 Å². The van der Waals surface area contributed by atoms with Crippen LogP contribution in [-0.4, -0.2) is 27.3 Å². The van der Waals surface area contributed by atoms with Gasteiger partial charge in [-0.1, -0.05) is 30.2 Å². The van der Waals surface area contributed by atoms with Crippen LogP contribution < -0.4 is 5.73 Å². The van der Waals surface area contributed by atoms with Crippen molar-refractivity contribution in [2.24, 2.45) is 5.73 Å². The van der Waals surface area contributed by atoms with Gasteiger partial charge < -0.3 is 15.2 Å². The molecule has 1 amide bonds. The van der Waals surface area contributed by atoms with Crippen molar-refractivity contribution in [2.75, 3.05) is 6.98 Å². The Morgan fingerprint density at radius 1 is 1.17 bits per heavy atom. The fourth-order valence-corrected chi connectivity index (χ4v) is 6.18. The van der Waals surface area contributed by atoms with Gasteiger partial charge in [-0.05, 0) is 60.7 Å². The fraction of sp³-hybridized carbons (Fsp3) is 0.267. The third kappa shape index (κ3) is 2.75. The molecule has 1 aliphatic carbocycles. The van der Waals surface area contributed by atoms with Gasteiger partial charge in [0.1, 0.15) is 11.6 Å². The first-order valence-electron chi connectivity index (χ1n) is 13.6. The zero-order valence-electron chi connectivity index (χ0n) is 22.5. The van der Waals surface area contributed by atoms with Crippen molar-refractivity contribution in [3.05, 3.63) is 88.5 Å². The van der Waals surface area contributed by atoms with Gasteiger partial charge in [0.15, 0.2) is 0 Å². The number of nitrogens with zero attached hydrogens (tertiary/aromatic N) is 3. The van der Waals surface area contributed by atoms with Crippen molar-refractivity contribution in [3.8, 4) is 23.5 Å².